The van der Waals surface area contributed by atoms with E-state index in [0.717, 1.165) is 5.52 Å². The topological polar surface area (TPSA) is 50.9 Å². The number of hydrogen-bond acceptors (Lipinski definition) is 3. The molecule has 92 valence electrons. The molecule has 0 aliphatic heterocycles. The predicted octanol–water partition coefficient (Wildman–Crippen LogP) is 1.46. The number of aromatic nitrogens is 1. The third-order valence-electron chi connectivity index (χ3n) is 2.46. The minimum absolute atomic E-state index is 0.248. The fourth-order valence-electron chi connectivity index (χ4n) is 1.74. The first-order chi connectivity index (χ1) is 8.77. The molecule has 0 atom stereocenters. The molecule has 2 heterocycles. The van der Waals surface area contributed by atoms with Gasteiger partial charge < -0.3 is 14.2 Å². The number of aliphatic hydroxyl groups is 1. The summed E-state index contributed by atoms with van der Waals surface area (Å²) < 4.78 is 6.80. The van der Waals surface area contributed by atoms with Gasteiger partial charge in [-0.05, 0) is 31.0 Å². The molecule has 18 heavy (non-hydrogen) atoms. The molecule has 0 bridgehead atoms. The molecule has 1 N–H and O–H groups in total. The Bertz CT molecular complexity index is 631. The van der Waals surface area contributed by atoms with Crippen LogP contribution in [-0.4, -0.2) is 28.7 Å². The van der Waals surface area contributed by atoms with Crippen LogP contribution in [0.3, 0.4) is 0 Å². The number of rotatable bonds is 2. The van der Waals surface area contributed by atoms with Gasteiger partial charge in [-0.3, -0.25) is 0 Å². The first-order valence-electron chi connectivity index (χ1n) is 5.65. The Morgan fingerprint density at radius 3 is 3.06 bits per heavy atom. The van der Waals surface area contributed by atoms with E-state index < -0.39 is 5.97 Å². The number of nitrogens with zero attached hydrogens (tertiary/aromatic N) is 1. The van der Waals surface area contributed by atoms with Crippen LogP contribution in [0.5, 0.6) is 0 Å². The van der Waals surface area contributed by atoms with Gasteiger partial charge in [0.1, 0.15) is 12.3 Å². The molecule has 0 radical (unpaired) electrons. The zero-order chi connectivity index (χ0) is 13.0. The van der Waals surface area contributed by atoms with Crippen molar-refractivity contribution in [2.45, 2.75) is 6.92 Å². The summed E-state index contributed by atoms with van der Waals surface area (Å²) in [7, 11) is 0. The number of carbonyl (C=O) groups excluding carboxylic acids is 1. The van der Waals surface area contributed by atoms with Gasteiger partial charge in [-0.1, -0.05) is 12.0 Å². The molecule has 2 aromatic rings. The average molecular weight is 243 g/mol. The third kappa shape index (κ3) is 2.22. The Morgan fingerprint density at radius 2 is 2.33 bits per heavy atom. The van der Waals surface area contributed by atoms with Crippen molar-refractivity contribution in [3.05, 3.63) is 41.7 Å². The summed E-state index contributed by atoms with van der Waals surface area (Å²) in [6, 6.07) is 7.35. The molecule has 0 fully saturated rings. The van der Waals surface area contributed by atoms with E-state index >= 15 is 0 Å². The van der Waals surface area contributed by atoms with Crippen molar-refractivity contribution in [2.24, 2.45) is 0 Å². The lowest BCUT2D eigenvalue weighted by atomic mass is 10.2. The molecule has 0 saturated heterocycles. The number of hydrogen-bond donors (Lipinski definition) is 1. The van der Waals surface area contributed by atoms with E-state index in [0.29, 0.717) is 17.9 Å². The Kier molecular flexibility index (Phi) is 3.66. The van der Waals surface area contributed by atoms with Crippen LogP contribution in [0.15, 0.2) is 30.5 Å². The van der Waals surface area contributed by atoms with E-state index in [1.165, 1.54) is 0 Å². The van der Waals surface area contributed by atoms with Gasteiger partial charge in [-0.2, -0.15) is 0 Å². The van der Waals surface area contributed by atoms with Crippen molar-refractivity contribution < 1.29 is 14.6 Å². The number of esters is 1. The molecule has 0 amide bonds. The monoisotopic (exact) mass is 243 g/mol. The van der Waals surface area contributed by atoms with E-state index in [1.807, 2.05) is 24.4 Å². The minimum Gasteiger partial charge on any atom is -0.462 e. The molecule has 0 aromatic carbocycles. The summed E-state index contributed by atoms with van der Waals surface area (Å²) >= 11 is 0. The van der Waals surface area contributed by atoms with E-state index in [9.17, 15) is 4.79 Å². The lowest BCUT2D eigenvalue weighted by Crippen LogP contribution is -2.06. The lowest BCUT2D eigenvalue weighted by Gasteiger charge is -2.00. The lowest BCUT2D eigenvalue weighted by molar-refractivity contribution is 0.0526. The highest BCUT2D eigenvalue weighted by Crippen LogP contribution is 2.17. The summed E-state index contributed by atoms with van der Waals surface area (Å²) in [5.41, 5.74) is 1.82. The van der Waals surface area contributed by atoms with E-state index in [2.05, 4.69) is 11.8 Å². The molecule has 0 aliphatic rings. The van der Waals surface area contributed by atoms with Gasteiger partial charge in [0.25, 0.3) is 0 Å². The van der Waals surface area contributed by atoms with Crippen molar-refractivity contribution in [2.75, 3.05) is 13.2 Å². The van der Waals surface area contributed by atoms with Crippen LogP contribution in [-0.2, 0) is 4.74 Å². The highest BCUT2D eigenvalue weighted by Gasteiger charge is 2.16. The maximum absolute atomic E-state index is 11.8. The smallest absolute Gasteiger partial charge is 0.341 e. The van der Waals surface area contributed by atoms with Crippen LogP contribution in [0.1, 0.15) is 23.0 Å². The first kappa shape index (κ1) is 12.2. The zero-order valence-corrected chi connectivity index (χ0v) is 10.0. The van der Waals surface area contributed by atoms with Crippen LogP contribution in [0.25, 0.3) is 5.52 Å². The van der Waals surface area contributed by atoms with E-state index in [-0.39, 0.29) is 6.61 Å². The number of ether oxygens (including phenoxy) is 1. The fourth-order valence-corrected chi connectivity index (χ4v) is 1.74. The van der Waals surface area contributed by atoms with E-state index in [1.54, 1.807) is 17.4 Å². The second-order valence-corrected chi connectivity index (χ2v) is 3.58. The fraction of sp³-hybridized carbons (Fsp3) is 0.214. The second kappa shape index (κ2) is 5.39. The Hall–Kier alpha value is -2.25. The van der Waals surface area contributed by atoms with Crippen molar-refractivity contribution in [3.63, 3.8) is 0 Å². The standard InChI is InChI=1S/C14H13NO3/c1-2-18-14(17)12-10-11-6-3-4-8-15(11)13(12)7-5-9-16/h3-4,6,8,10,16H,2,9H2,1H3. The Balaban J connectivity index is 2.60. The summed E-state index contributed by atoms with van der Waals surface area (Å²) in [6.45, 7) is 1.83. The highest BCUT2D eigenvalue weighted by molar-refractivity contribution is 5.94. The van der Waals surface area contributed by atoms with Crippen molar-refractivity contribution in [1.82, 2.24) is 4.40 Å². The molecule has 4 heteroatoms. The summed E-state index contributed by atoms with van der Waals surface area (Å²) in [6.07, 6.45) is 1.82. The Morgan fingerprint density at radius 1 is 1.50 bits per heavy atom. The molecule has 4 nitrogen and oxygen atoms in total. The number of pyridine rings is 1. The molecule has 0 spiro atoms. The van der Waals surface area contributed by atoms with Crippen molar-refractivity contribution in [3.8, 4) is 11.8 Å². The largest absolute Gasteiger partial charge is 0.462 e. The molecular weight excluding hydrogens is 230 g/mol. The van der Waals surface area contributed by atoms with Crippen LogP contribution in [0, 0.1) is 11.8 Å². The summed E-state index contributed by atoms with van der Waals surface area (Å²) in [5, 5.41) is 8.77. The maximum atomic E-state index is 11.8. The van der Waals surface area contributed by atoms with Crippen LogP contribution >= 0.6 is 0 Å². The number of carbonyl (C=O) groups is 1. The SMILES string of the molecule is CCOC(=O)c1cc2ccccn2c1C#CCO. The van der Waals surface area contributed by atoms with Gasteiger partial charge in [0.05, 0.1) is 12.2 Å². The van der Waals surface area contributed by atoms with E-state index in [4.69, 9.17) is 9.84 Å². The first-order valence-corrected chi connectivity index (χ1v) is 5.65. The predicted molar refractivity (Wildman–Crippen MR) is 67.3 cm³/mol. The van der Waals surface area contributed by atoms with Gasteiger partial charge in [-0.25, -0.2) is 4.79 Å². The highest BCUT2D eigenvalue weighted by atomic mass is 16.5. The van der Waals surface area contributed by atoms with Gasteiger partial charge in [0.2, 0.25) is 0 Å². The third-order valence-corrected chi connectivity index (χ3v) is 2.46. The van der Waals surface area contributed by atoms with Crippen molar-refractivity contribution >= 4 is 11.5 Å². The minimum atomic E-state index is -0.400. The zero-order valence-electron chi connectivity index (χ0n) is 10.0. The average Bonchev–Trinajstić information content (AvgIpc) is 2.75. The van der Waals surface area contributed by atoms with Crippen LogP contribution in [0.2, 0.25) is 0 Å². The van der Waals surface area contributed by atoms with Crippen LogP contribution in [0.4, 0.5) is 0 Å². The molecule has 2 aromatic heterocycles. The molecule has 2 rings (SSSR count). The molecule has 0 aliphatic carbocycles. The molecule has 0 saturated carbocycles. The number of fused-ring (bicyclic) bond motifs is 1. The summed E-state index contributed by atoms with van der Waals surface area (Å²) in [4.78, 5) is 11.8. The second-order valence-electron chi connectivity index (χ2n) is 3.58. The Labute approximate surface area is 105 Å². The van der Waals surface area contributed by atoms with Gasteiger partial charge in [-0.15, -0.1) is 0 Å². The van der Waals surface area contributed by atoms with Gasteiger partial charge >= 0.3 is 5.97 Å². The van der Waals surface area contributed by atoms with Gasteiger partial charge in [0, 0.05) is 11.7 Å². The molecular formula is C14H13NO3. The van der Waals surface area contributed by atoms with Crippen molar-refractivity contribution in [1.29, 1.82) is 0 Å². The quantitative estimate of drug-likeness (QED) is 0.641. The van der Waals surface area contributed by atoms with Crippen LogP contribution < -0.4 is 0 Å². The molecule has 0 unspecified atom stereocenters. The normalized spacial score (nSPS) is 9.89. The van der Waals surface area contributed by atoms with Gasteiger partial charge in [0.15, 0.2) is 0 Å². The summed E-state index contributed by atoms with van der Waals surface area (Å²) in [5.74, 6) is 4.94. The maximum Gasteiger partial charge on any atom is 0.341 e. The number of aliphatic hydroxyl groups excluding tert-OH is 1.